The highest BCUT2D eigenvalue weighted by atomic mass is 35.5. The monoisotopic (exact) mass is 215 g/mol. The van der Waals surface area contributed by atoms with Gasteiger partial charge in [-0.05, 0) is 43.4 Å². The van der Waals surface area contributed by atoms with Crippen LogP contribution in [-0.2, 0) is 4.79 Å². The largest absolute Gasteiger partial charge is 0.356 e. The molecule has 1 amide bonds. The highest BCUT2D eigenvalue weighted by Crippen LogP contribution is 2.48. The molecule has 0 spiro atoms. The SMILES string of the molecule is O=C(CC1CC1)NCC1(CCCl)CC1. The van der Waals surface area contributed by atoms with Gasteiger partial charge >= 0.3 is 0 Å². The van der Waals surface area contributed by atoms with Gasteiger partial charge in [-0.1, -0.05) is 0 Å². The number of hydrogen-bond acceptors (Lipinski definition) is 1. The zero-order chi connectivity index (χ0) is 10.0. The third-order valence-electron chi connectivity index (χ3n) is 3.41. The van der Waals surface area contributed by atoms with Gasteiger partial charge in [-0.15, -0.1) is 11.6 Å². The predicted octanol–water partition coefficient (Wildman–Crippen LogP) is 2.31. The van der Waals surface area contributed by atoms with Crippen LogP contribution in [0.15, 0.2) is 0 Å². The van der Waals surface area contributed by atoms with Crippen molar-refractivity contribution in [2.45, 2.75) is 38.5 Å². The third kappa shape index (κ3) is 2.88. The maximum Gasteiger partial charge on any atom is 0.220 e. The van der Waals surface area contributed by atoms with Gasteiger partial charge in [-0.3, -0.25) is 4.79 Å². The standard InChI is InChI=1S/C11H18ClNO/c12-6-5-11(3-4-11)8-13-10(14)7-9-1-2-9/h9H,1-8H2,(H,13,14). The molecule has 0 bridgehead atoms. The highest BCUT2D eigenvalue weighted by Gasteiger charge is 2.41. The Bertz CT molecular complexity index is 221. The Morgan fingerprint density at radius 3 is 2.64 bits per heavy atom. The summed E-state index contributed by atoms with van der Waals surface area (Å²) in [6, 6.07) is 0. The van der Waals surface area contributed by atoms with Crippen LogP contribution >= 0.6 is 11.6 Å². The minimum atomic E-state index is 0.244. The van der Waals surface area contributed by atoms with Gasteiger partial charge in [0, 0.05) is 18.8 Å². The molecule has 2 fully saturated rings. The topological polar surface area (TPSA) is 29.1 Å². The van der Waals surface area contributed by atoms with Crippen molar-refractivity contribution in [3.05, 3.63) is 0 Å². The van der Waals surface area contributed by atoms with E-state index in [1.807, 2.05) is 0 Å². The van der Waals surface area contributed by atoms with Gasteiger partial charge in [0.25, 0.3) is 0 Å². The fourth-order valence-electron chi connectivity index (χ4n) is 1.83. The van der Waals surface area contributed by atoms with E-state index in [0.717, 1.165) is 25.3 Å². The average molecular weight is 216 g/mol. The van der Waals surface area contributed by atoms with Crippen molar-refractivity contribution in [2.24, 2.45) is 11.3 Å². The first kappa shape index (κ1) is 10.3. The molecule has 2 aliphatic carbocycles. The molecule has 3 heteroatoms. The van der Waals surface area contributed by atoms with E-state index < -0.39 is 0 Å². The van der Waals surface area contributed by atoms with Crippen molar-refractivity contribution in [1.29, 1.82) is 0 Å². The Kier molecular flexibility index (Phi) is 3.01. The molecule has 0 atom stereocenters. The third-order valence-corrected chi connectivity index (χ3v) is 3.60. The van der Waals surface area contributed by atoms with Crippen LogP contribution in [-0.4, -0.2) is 18.3 Å². The van der Waals surface area contributed by atoms with Crippen LogP contribution in [0.4, 0.5) is 0 Å². The van der Waals surface area contributed by atoms with Gasteiger partial charge in [0.15, 0.2) is 0 Å². The summed E-state index contributed by atoms with van der Waals surface area (Å²) >= 11 is 5.72. The number of rotatable bonds is 6. The normalized spacial score (nSPS) is 23.2. The van der Waals surface area contributed by atoms with Crippen LogP contribution in [0.5, 0.6) is 0 Å². The summed E-state index contributed by atoms with van der Waals surface area (Å²) < 4.78 is 0. The van der Waals surface area contributed by atoms with E-state index in [4.69, 9.17) is 11.6 Å². The molecular formula is C11H18ClNO. The molecule has 0 radical (unpaired) electrons. The zero-order valence-electron chi connectivity index (χ0n) is 8.52. The van der Waals surface area contributed by atoms with Crippen LogP contribution in [0.3, 0.4) is 0 Å². The molecular weight excluding hydrogens is 198 g/mol. The molecule has 2 aliphatic rings. The first-order valence-electron chi connectivity index (χ1n) is 5.57. The Labute approximate surface area is 90.4 Å². The molecule has 14 heavy (non-hydrogen) atoms. The number of carbonyl (C=O) groups excluding carboxylic acids is 1. The first-order chi connectivity index (χ1) is 6.74. The molecule has 2 rings (SSSR count). The number of nitrogens with one attached hydrogen (secondary N) is 1. The van der Waals surface area contributed by atoms with Crippen LogP contribution < -0.4 is 5.32 Å². The second-order valence-electron chi connectivity index (χ2n) is 4.86. The van der Waals surface area contributed by atoms with Gasteiger partial charge in [0.1, 0.15) is 0 Å². The molecule has 0 heterocycles. The molecule has 0 unspecified atom stereocenters. The summed E-state index contributed by atoms with van der Waals surface area (Å²) in [6.07, 6.45) is 6.78. The van der Waals surface area contributed by atoms with Crippen LogP contribution in [0.25, 0.3) is 0 Å². The molecule has 2 nitrogen and oxygen atoms in total. The van der Waals surface area contributed by atoms with E-state index in [2.05, 4.69) is 5.32 Å². The lowest BCUT2D eigenvalue weighted by atomic mass is 10.0. The quantitative estimate of drug-likeness (QED) is 0.677. The number of carbonyl (C=O) groups is 1. The fourth-order valence-corrected chi connectivity index (χ4v) is 2.24. The molecule has 0 aromatic heterocycles. The van der Waals surface area contributed by atoms with Gasteiger partial charge < -0.3 is 5.32 Å². The Morgan fingerprint density at radius 2 is 2.14 bits per heavy atom. The summed E-state index contributed by atoms with van der Waals surface area (Å²) in [5, 5.41) is 3.04. The van der Waals surface area contributed by atoms with E-state index >= 15 is 0 Å². The van der Waals surface area contributed by atoms with Crippen molar-refractivity contribution in [3.63, 3.8) is 0 Å². The Morgan fingerprint density at radius 1 is 1.43 bits per heavy atom. The smallest absolute Gasteiger partial charge is 0.220 e. The minimum Gasteiger partial charge on any atom is -0.356 e. The molecule has 80 valence electrons. The number of amides is 1. The second-order valence-corrected chi connectivity index (χ2v) is 5.24. The van der Waals surface area contributed by atoms with E-state index in [9.17, 15) is 4.79 Å². The van der Waals surface area contributed by atoms with Gasteiger partial charge in [-0.2, -0.15) is 0 Å². The number of alkyl halides is 1. The van der Waals surface area contributed by atoms with Crippen LogP contribution in [0.2, 0.25) is 0 Å². The summed E-state index contributed by atoms with van der Waals surface area (Å²) in [7, 11) is 0. The molecule has 2 saturated carbocycles. The van der Waals surface area contributed by atoms with Crippen molar-refractivity contribution in [3.8, 4) is 0 Å². The van der Waals surface area contributed by atoms with Gasteiger partial charge in [-0.25, -0.2) is 0 Å². The second kappa shape index (κ2) is 4.09. The number of hydrogen-bond donors (Lipinski definition) is 1. The lowest BCUT2D eigenvalue weighted by molar-refractivity contribution is -0.121. The van der Waals surface area contributed by atoms with Crippen molar-refractivity contribution in [2.75, 3.05) is 12.4 Å². The predicted molar refractivity (Wildman–Crippen MR) is 57.4 cm³/mol. The van der Waals surface area contributed by atoms with Crippen LogP contribution in [0.1, 0.15) is 38.5 Å². The van der Waals surface area contributed by atoms with Crippen molar-refractivity contribution < 1.29 is 4.79 Å². The molecule has 0 aliphatic heterocycles. The molecule has 0 saturated heterocycles. The number of halogens is 1. The van der Waals surface area contributed by atoms with Gasteiger partial charge in [0.05, 0.1) is 0 Å². The maximum absolute atomic E-state index is 11.4. The van der Waals surface area contributed by atoms with Crippen molar-refractivity contribution >= 4 is 17.5 Å². The van der Waals surface area contributed by atoms with E-state index in [1.54, 1.807) is 0 Å². The first-order valence-corrected chi connectivity index (χ1v) is 6.10. The van der Waals surface area contributed by atoms with E-state index in [1.165, 1.54) is 25.7 Å². The maximum atomic E-state index is 11.4. The Balaban J connectivity index is 1.63. The van der Waals surface area contributed by atoms with Crippen molar-refractivity contribution in [1.82, 2.24) is 5.32 Å². The lowest BCUT2D eigenvalue weighted by Crippen LogP contribution is -2.30. The lowest BCUT2D eigenvalue weighted by Gasteiger charge is -2.14. The Hall–Kier alpha value is -0.240. The molecule has 0 aromatic rings. The molecule has 1 N–H and O–H groups in total. The minimum absolute atomic E-state index is 0.244. The summed E-state index contributed by atoms with van der Waals surface area (Å²) in [4.78, 5) is 11.4. The average Bonchev–Trinajstić information content (AvgIpc) is 3.00. The zero-order valence-corrected chi connectivity index (χ0v) is 9.28. The summed E-state index contributed by atoms with van der Waals surface area (Å²) in [5.74, 6) is 1.66. The van der Waals surface area contributed by atoms with E-state index in [0.29, 0.717) is 11.3 Å². The summed E-state index contributed by atoms with van der Waals surface area (Å²) in [5.41, 5.74) is 0.376. The fraction of sp³-hybridized carbons (Fsp3) is 0.909. The van der Waals surface area contributed by atoms with Gasteiger partial charge in [0.2, 0.25) is 5.91 Å². The molecule has 0 aromatic carbocycles. The van der Waals surface area contributed by atoms with E-state index in [-0.39, 0.29) is 5.91 Å². The van der Waals surface area contributed by atoms with Crippen LogP contribution in [0, 0.1) is 11.3 Å². The highest BCUT2D eigenvalue weighted by molar-refractivity contribution is 6.17. The summed E-state index contributed by atoms with van der Waals surface area (Å²) in [6.45, 7) is 0.852.